The number of hydrogen-bond donors (Lipinski definition) is 2. The molecule has 1 aliphatic heterocycles. The summed E-state index contributed by atoms with van der Waals surface area (Å²) in [6.45, 7) is 0.556. The molecule has 7 heteroatoms. The third-order valence-corrected chi connectivity index (χ3v) is 4.42. The van der Waals surface area contributed by atoms with Gasteiger partial charge in [0.15, 0.2) is 0 Å². The van der Waals surface area contributed by atoms with Gasteiger partial charge in [-0.2, -0.15) is 5.10 Å². The fourth-order valence-corrected chi connectivity index (χ4v) is 3.10. The molecular formula is C17H17N5O2. The highest BCUT2D eigenvalue weighted by Gasteiger charge is 2.21. The van der Waals surface area contributed by atoms with E-state index in [-0.39, 0.29) is 17.6 Å². The lowest BCUT2D eigenvalue weighted by molar-refractivity contribution is 0.0928. The highest BCUT2D eigenvalue weighted by molar-refractivity contribution is 5.95. The summed E-state index contributed by atoms with van der Waals surface area (Å²) in [5.41, 5.74) is 1.03. The number of rotatable bonds is 2. The van der Waals surface area contributed by atoms with Crippen LogP contribution in [0.5, 0.6) is 0 Å². The molecular weight excluding hydrogens is 306 g/mol. The minimum Gasteiger partial charge on any atom is -0.348 e. The Bertz CT molecular complexity index is 959. The maximum Gasteiger partial charge on any atom is 0.343 e. The van der Waals surface area contributed by atoms with Crippen molar-refractivity contribution in [1.29, 1.82) is 0 Å². The number of aromatic nitrogens is 4. The molecule has 1 aliphatic rings. The van der Waals surface area contributed by atoms with Crippen LogP contribution >= 0.6 is 0 Å². The van der Waals surface area contributed by atoms with Gasteiger partial charge in [-0.15, -0.1) is 0 Å². The SMILES string of the molecule is O=C(N[C@H]1CCc2n[nH]c(=O)n2CC1)c1ccc2ccccc2n1. The lowest BCUT2D eigenvalue weighted by atomic mass is 10.1. The van der Waals surface area contributed by atoms with E-state index in [1.54, 1.807) is 10.6 Å². The number of benzene rings is 1. The van der Waals surface area contributed by atoms with E-state index < -0.39 is 0 Å². The van der Waals surface area contributed by atoms with Crippen molar-refractivity contribution >= 4 is 16.8 Å². The van der Waals surface area contributed by atoms with E-state index in [2.05, 4.69) is 20.5 Å². The number of fused-ring (bicyclic) bond motifs is 2. The first-order valence-electron chi connectivity index (χ1n) is 8.01. The number of aryl methyl sites for hydroxylation is 1. The lowest BCUT2D eigenvalue weighted by Crippen LogP contribution is -2.36. The van der Waals surface area contributed by atoms with Crippen LogP contribution in [0.2, 0.25) is 0 Å². The van der Waals surface area contributed by atoms with E-state index in [0.717, 1.165) is 23.1 Å². The minimum atomic E-state index is -0.187. The average Bonchev–Trinajstić information content (AvgIpc) is 2.84. The van der Waals surface area contributed by atoms with E-state index in [4.69, 9.17) is 0 Å². The molecule has 2 aromatic heterocycles. The van der Waals surface area contributed by atoms with Crippen LogP contribution in [-0.2, 0) is 13.0 Å². The zero-order valence-corrected chi connectivity index (χ0v) is 13.0. The number of para-hydroxylation sites is 1. The summed E-state index contributed by atoms with van der Waals surface area (Å²) in [4.78, 5) is 28.5. The predicted octanol–water partition coefficient (Wildman–Crippen LogP) is 1.25. The van der Waals surface area contributed by atoms with Crippen LogP contribution in [0.25, 0.3) is 10.9 Å². The van der Waals surface area contributed by atoms with E-state index in [1.165, 1.54) is 0 Å². The molecule has 0 saturated heterocycles. The summed E-state index contributed by atoms with van der Waals surface area (Å²) in [6.07, 6.45) is 2.12. The van der Waals surface area contributed by atoms with Crippen LogP contribution in [-0.4, -0.2) is 31.7 Å². The predicted molar refractivity (Wildman–Crippen MR) is 88.8 cm³/mol. The minimum absolute atomic E-state index is 0.00636. The highest BCUT2D eigenvalue weighted by atomic mass is 16.2. The summed E-state index contributed by atoms with van der Waals surface area (Å²) in [5, 5.41) is 10.5. The summed E-state index contributed by atoms with van der Waals surface area (Å²) < 4.78 is 1.64. The number of amides is 1. The zero-order valence-electron chi connectivity index (χ0n) is 13.0. The summed E-state index contributed by atoms with van der Waals surface area (Å²) in [5.74, 6) is 0.569. The monoisotopic (exact) mass is 323 g/mol. The summed E-state index contributed by atoms with van der Waals surface area (Å²) in [6, 6.07) is 11.4. The van der Waals surface area contributed by atoms with E-state index in [0.29, 0.717) is 25.1 Å². The molecule has 0 aliphatic carbocycles. The Morgan fingerprint density at radius 2 is 2.08 bits per heavy atom. The Kier molecular flexibility index (Phi) is 3.60. The number of nitrogens with one attached hydrogen (secondary N) is 2. The van der Waals surface area contributed by atoms with Gasteiger partial charge in [0, 0.05) is 24.4 Å². The maximum atomic E-state index is 12.5. The number of carbonyl (C=O) groups excluding carboxylic acids is 1. The van der Waals surface area contributed by atoms with E-state index in [1.807, 2.05) is 30.3 Å². The van der Waals surface area contributed by atoms with Crippen LogP contribution < -0.4 is 11.0 Å². The second-order valence-electron chi connectivity index (χ2n) is 5.98. The number of pyridine rings is 1. The van der Waals surface area contributed by atoms with Gasteiger partial charge < -0.3 is 5.32 Å². The normalized spacial score (nSPS) is 17.2. The molecule has 2 N–H and O–H groups in total. The van der Waals surface area contributed by atoms with E-state index >= 15 is 0 Å². The van der Waals surface area contributed by atoms with Crippen molar-refractivity contribution in [2.75, 3.05) is 0 Å². The largest absolute Gasteiger partial charge is 0.348 e. The van der Waals surface area contributed by atoms with Crippen LogP contribution in [0.4, 0.5) is 0 Å². The van der Waals surface area contributed by atoms with Gasteiger partial charge in [-0.25, -0.2) is 14.9 Å². The highest BCUT2D eigenvalue weighted by Crippen LogP contribution is 2.14. The molecule has 4 rings (SSSR count). The molecule has 0 bridgehead atoms. The molecule has 7 nitrogen and oxygen atoms in total. The van der Waals surface area contributed by atoms with Gasteiger partial charge in [0.2, 0.25) is 0 Å². The number of aromatic amines is 1. The van der Waals surface area contributed by atoms with Crippen LogP contribution in [0.3, 0.4) is 0 Å². The number of hydrogen-bond acceptors (Lipinski definition) is 4. The van der Waals surface area contributed by atoms with E-state index in [9.17, 15) is 9.59 Å². The fraction of sp³-hybridized carbons (Fsp3) is 0.294. The molecule has 0 saturated carbocycles. The van der Waals surface area contributed by atoms with Crippen molar-refractivity contribution in [1.82, 2.24) is 25.1 Å². The first kappa shape index (κ1) is 14.6. The van der Waals surface area contributed by atoms with Gasteiger partial charge in [-0.05, 0) is 25.0 Å². The molecule has 1 atom stereocenters. The third kappa shape index (κ3) is 2.68. The molecule has 0 unspecified atom stereocenters. The molecule has 0 fully saturated rings. The standard InChI is InChI=1S/C17H17N5O2/c23-16(14-7-5-11-3-1-2-4-13(11)19-14)18-12-6-8-15-20-21-17(24)22(15)10-9-12/h1-5,7,12H,6,8-10H2,(H,18,23)(H,21,24)/t12-/m0/s1. The second-order valence-corrected chi connectivity index (χ2v) is 5.98. The van der Waals surface area contributed by atoms with Crippen LogP contribution in [0.1, 0.15) is 29.2 Å². The third-order valence-electron chi connectivity index (χ3n) is 4.42. The van der Waals surface area contributed by atoms with Gasteiger partial charge in [0.05, 0.1) is 5.52 Å². The molecule has 0 spiro atoms. The first-order valence-corrected chi connectivity index (χ1v) is 8.01. The van der Waals surface area contributed by atoms with Crippen molar-refractivity contribution in [2.45, 2.75) is 31.8 Å². The fourth-order valence-electron chi connectivity index (χ4n) is 3.10. The van der Waals surface area contributed by atoms with Crippen molar-refractivity contribution in [2.24, 2.45) is 0 Å². The van der Waals surface area contributed by atoms with Crippen LogP contribution in [0, 0.1) is 0 Å². The smallest absolute Gasteiger partial charge is 0.343 e. The van der Waals surface area contributed by atoms with Crippen molar-refractivity contribution in [3.05, 3.63) is 58.4 Å². The molecule has 0 radical (unpaired) electrons. The molecule has 1 aromatic carbocycles. The molecule has 24 heavy (non-hydrogen) atoms. The Balaban J connectivity index is 1.48. The van der Waals surface area contributed by atoms with Gasteiger partial charge in [0.25, 0.3) is 5.91 Å². The molecule has 1 amide bonds. The Hall–Kier alpha value is -2.96. The molecule has 3 aromatic rings. The van der Waals surface area contributed by atoms with Crippen molar-refractivity contribution in [3.8, 4) is 0 Å². The van der Waals surface area contributed by atoms with Gasteiger partial charge in [-0.1, -0.05) is 24.3 Å². The van der Waals surface area contributed by atoms with Gasteiger partial charge in [-0.3, -0.25) is 9.36 Å². The van der Waals surface area contributed by atoms with Crippen LogP contribution in [0.15, 0.2) is 41.2 Å². The quantitative estimate of drug-likeness (QED) is 0.742. The summed E-state index contributed by atoms with van der Waals surface area (Å²) >= 11 is 0. The Morgan fingerprint density at radius 3 is 3.00 bits per heavy atom. The average molecular weight is 323 g/mol. The topological polar surface area (TPSA) is 92.7 Å². The molecule has 3 heterocycles. The molecule has 122 valence electrons. The van der Waals surface area contributed by atoms with Gasteiger partial charge in [0.1, 0.15) is 11.5 Å². The lowest BCUT2D eigenvalue weighted by Gasteiger charge is -2.15. The first-order chi connectivity index (χ1) is 11.7. The van der Waals surface area contributed by atoms with Gasteiger partial charge >= 0.3 is 5.69 Å². The van der Waals surface area contributed by atoms with Crippen molar-refractivity contribution in [3.63, 3.8) is 0 Å². The zero-order chi connectivity index (χ0) is 16.5. The Labute approximate surface area is 137 Å². The number of carbonyl (C=O) groups is 1. The second kappa shape index (κ2) is 5.92. The number of nitrogens with zero attached hydrogens (tertiary/aromatic N) is 3. The summed E-state index contributed by atoms with van der Waals surface area (Å²) in [7, 11) is 0. The number of H-pyrrole nitrogens is 1. The Morgan fingerprint density at radius 1 is 1.21 bits per heavy atom. The van der Waals surface area contributed by atoms with Crippen molar-refractivity contribution < 1.29 is 4.79 Å². The maximum absolute atomic E-state index is 12.5.